The first-order valence-electron chi connectivity index (χ1n) is 8.55. The van der Waals surface area contributed by atoms with Crippen molar-refractivity contribution in [3.63, 3.8) is 0 Å². The number of aromatic nitrogens is 1. The van der Waals surface area contributed by atoms with Gasteiger partial charge in [-0.3, -0.25) is 9.88 Å². The summed E-state index contributed by atoms with van der Waals surface area (Å²) < 4.78 is 36.7. The molecular weight excluding hydrogens is 342 g/mol. The SMILES string of the molecule is COc1c(C)cnc(CN2CCOC3(CCN(S(C)(=O)=O)C3)C2)c1C. The topological polar surface area (TPSA) is 72.0 Å². The molecule has 1 aromatic heterocycles. The number of ether oxygens (including phenoxy) is 2. The standard InChI is InChI=1S/C17H27N3O4S/c1-13-9-18-15(14(2)16(13)23-3)10-19-7-8-24-17(11-19)5-6-20(12-17)25(4,21)22/h9H,5-8,10-12H2,1-4H3. The largest absolute Gasteiger partial charge is 0.496 e. The van der Waals surface area contributed by atoms with Crippen LogP contribution in [0.25, 0.3) is 0 Å². The van der Waals surface area contributed by atoms with E-state index in [2.05, 4.69) is 9.88 Å². The number of sulfonamides is 1. The van der Waals surface area contributed by atoms with Gasteiger partial charge < -0.3 is 9.47 Å². The van der Waals surface area contributed by atoms with Crippen molar-refractivity contribution in [2.75, 3.05) is 46.2 Å². The molecule has 0 radical (unpaired) electrons. The number of aryl methyl sites for hydroxylation is 1. The summed E-state index contributed by atoms with van der Waals surface area (Å²) >= 11 is 0. The molecule has 3 rings (SSSR count). The number of hydrogen-bond donors (Lipinski definition) is 0. The van der Waals surface area contributed by atoms with E-state index in [0.29, 0.717) is 26.2 Å². The van der Waals surface area contributed by atoms with Crippen molar-refractivity contribution >= 4 is 10.0 Å². The summed E-state index contributed by atoms with van der Waals surface area (Å²) in [6, 6.07) is 0. The normalized spacial score (nSPS) is 25.6. The monoisotopic (exact) mass is 369 g/mol. The van der Waals surface area contributed by atoms with Gasteiger partial charge in [-0.2, -0.15) is 4.31 Å². The maximum atomic E-state index is 11.8. The van der Waals surface area contributed by atoms with E-state index in [-0.39, 0.29) is 0 Å². The molecule has 2 fully saturated rings. The van der Waals surface area contributed by atoms with E-state index < -0.39 is 15.6 Å². The van der Waals surface area contributed by atoms with Crippen LogP contribution >= 0.6 is 0 Å². The summed E-state index contributed by atoms with van der Waals surface area (Å²) in [4.78, 5) is 6.89. The highest BCUT2D eigenvalue weighted by Crippen LogP contribution is 2.32. The summed E-state index contributed by atoms with van der Waals surface area (Å²) in [6.45, 7) is 7.85. The van der Waals surface area contributed by atoms with Crippen molar-refractivity contribution in [2.24, 2.45) is 0 Å². The Labute approximate surface area is 150 Å². The summed E-state index contributed by atoms with van der Waals surface area (Å²) in [5.74, 6) is 0.886. The van der Waals surface area contributed by atoms with Gasteiger partial charge in [0.15, 0.2) is 0 Å². The number of methoxy groups -OCH3 is 1. The molecule has 0 saturated carbocycles. The fraction of sp³-hybridized carbons (Fsp3) is 0.706. The van der Waals surface area contributed by atoms with Crippen LogP contribution in [-0.2, 0) is 21.3 Å². The second kappa shape index (κ2) is 6.83. The summed E-state index contributed by atoms with van der Waals surface area (Å²) in [5.41, 5.74) is 2.69. The van der Waals surface area contributed by atoms with Crippen molar-refractivity contribution < 1.29 is 17.9 Å². The molecule has 1 aromatic rings. The molecule has 0 aromatic carbocycles. The van der Waals surface area contributed by atoms with Crippen LogP contribution in [0.4, 0.5) is 0 Å². The Balaban J connectivity index is 1.73. The van der Waals surface area contributed by atoms with Crippen LogP contribution in [0.15, 0.2) is 6.20 Å². The van der Waals surface area contributed by atoms with Gasteiger partial charge in [0, 0.05) is 50.0 Å². The van der Waals surface area contributed by atoms with E-state index in [1.165, 1.54) is 10.6 Å². The minimum Gasteiger partial charge on any atom is -0.496 e. The van der Waals surface area contributed by atoms with Crippen LogP contribution in [0.2, 0.25) is 0 Å². The van der Waals surface area contributed by atoms with Gasteiger partial charge in [-0.1, -0.05) is 0 Å². The quantitative estimate of drug-likeness (QED) is 0.787. The molecule has 2 aliphatic heterocycles. The Morgan fingerprint density at radius 1 is 1.32 bits per heavy atom. The van der Waals surface area contributed by atoms with Gasteiger partial charge in [0.2, 0.25) is 10.0 Å². The predicted molar refractivity (Wildman–Crippen MR) is 95.3 cm³/mol. The lowest BCUT2D eigenvalue weighted by atomic mass is 10.00. The van der Waals surface area contributed by atoms with Crippen LogP contribution in [0.1, 0.15) is 23.2 Å². The van der Waals surface area contributed by atoms with Crippen molar-refractivity contribution in [1.29, 1.82) is 0 Å². The Hall–Kier alpha value is -1.22. The maximum Gasteiger partial charge on any atom is 0.211 e. The third-order valence-corrected chi connectivity index (χ3v) is 6.45. The molecule has 1 spiro atoms. The Kier molecular flexibility index (Phi) is 5.07. The van der Waals surface area contributed by atoms with Crippen molar-refractivity contribution in [3.05, 3.63) is 23.0 Å². The van der Waals surface area contributed by atoms with Crippen LogP contribution < -0.4 is 4.74 Å². The molecule has 7 nitrogen and oxygen atoms in total. The Morgan fingerprint density at radius 3 is 2.72 bits per heavy atom. The number of nitrogens with zero attached hydrogens (tertiary/aromatic N) is 3. The second-order valence-electron chi connectivity index (χ2n) is 7.13. The van der Waals surface area contributed by atoms with E-state index >= 15 is 0 Å². The second-order valence-corrected chi connectivity index (χ2v) is 9.12. The smallest absolute Gasteiger partial charge is 0.211 e. The molecular formula is C17H27N3O4S. The highest BCUT2D eigenvalue weighted by atomic mass is 32.2. The number of hydrogen-bond acceptors (Lipinski definition) is 6. The van der Waals surface area contributed by atoms with Crippen LogP contribution in [0, 0.1) is 13.8 Å². The molecule has 25 heavy (non-hydrogen) atoms. The zero-order valence-electron chi connectivity index (χ0n) is 15.4. The molecule has 0 bridgehead atoms. The third kappa shape index (κ3) is 3.81. The van der Waals surface area contributed by atoms with Crippen molar-refractivity contribution in [3.8, 4) is 5.75 Å². The van der Waals surface area contributed by atoms with Gasteiger partial charge in [-0.05, 0) is 20.3 Å². The van der Waals surface area contributed by atoms with Crippen LogP contribution in [0.3, 0.4) is 0 Å². The molecule has 140 valence electrons. The molecule has 1 atom stereocenters. The van der Waals surface area contributed by atoms with E-state index in [0.717, 1.165) is 42.1 Å². The molecule has 0 amide bonds. The van der Waals surface area contributed by atoms with Gasteiger partial charge >= 0.3 is 0 Å². The van der Waals surface area contributed by atoms with Gasteiger partial charge in [-0.25, -0.2) is 8.42 Å². The fourth-order valence-electron chi connectivity index (χ4n) is 3.84. The molecule has 3 heterocycles. The maximum absolute atomic E-state index is 11.8. The van der Waals surface area contributed by atoms with Gasteiger partial charge in [0.25, 0.3) is 0 Å². The number of pyridine rings is 1. The number of morpholine rings is 1. The average molecular weight is 369 g/mol. The Bertz CT molecular complexity index is 753. The first kappa shape index (κ1) is 18.6. The first-order valence-corrected chi connectivity index (χ1v) is 10.4. The van der Waals surface area contributed by atoms with Gasteiger partial charge in [0.1, 0.15) is 5.75 Å². The highest BCUT2D eigenvalue weighted by Gasteiger charge is 2.45. The van der Waals surface area contributed by atoms with E-state index in [9.17, 15) is 8.42 Å². The van der Waals surface area contributed by atoms with E-state index in [4.69, 9.17) is 9.47 Å². The molecule has 0 aliphatic carbocycles. The molecule has 0 N–H and O–H groups in total. The molecule has 1 unspecified atom stereocenters. The first-order chi connectivity index (χ1) is 11.7. The Morgan fingerprint density at radius 2 is 2.08 bits per heavy atom. The lowest BCUT2D eigenvalue weighted by molar-refractivity contribution is -0.101. The number of rotatable bonds is 4. The fourth-order valence-corrected chi connectivity index (χ4v) is 4.73. The van der Waals surface area contributed by atoms with Gasteiger partial charge in [0.05, 0.1) is 31.3 Å². The minimum atomic E-state index is -3.17. The van der Waals surface area contributed by atoms with E-state index in [1.807, 2.05) is 20.0 Å². The molecule has 2 saturated heterocycles. The van der Waals surface area contributed by atoms with E-state index in [1.54, 1.807) is 7.11 Å². The molecule has 8 heteroatoms. The predicted octanol–water partition coefficient (Wildman–Crippen LogP) is 0.943. The van der Waals surface area contributed by atoms with Crippen molar-refractivity contribution in [1.82, 2.24) is 14.2 Å². The lowest BCUT2D eigenvalue weighted by Gasteiger charge is -2.40. The third-order valence-electron chi connectivity index (χ3n) is 5.20. The van der Waals surface area contributed by atoms with Crippen LogP contribution in [-0.4, -0.2) is 74.4 Å². The average Bonchev–Trinajstić information content (AvgIpc) is 2.94. The summed E-state index contributed by atoms with van der Waals surface area (Å²) in [6.07, 6.45) is 3.84. The molecule has 2 aliphatic rings. The summed E-state index contributed by atoms with van der Waals surface area (Å²) in [5, 5.41) is 0. The zero-order chi connectivity index (χ0) is 18.2. The zero-order valence-corrected chi connectivity index (χ0v) is 16.2. The van der Waals surface area contributed by atoms with Crippen molar-refractivity contribution in [2.45, 2.75) is 32.4 Å². The minimum absolute atomic E-state index is 0.399. The van der Waals surface area contributed by atoms with Gasteiger partial charge in [-0.15, -0.1) is 0 Å². The van der Waals surface area contributed by atoms with Crippen LogP contribution in [0.5, 0.6) is 5.75 Å². The summed E-state index contributed by atoms with van der Waals surface area (Å²) in [7, 11) is -1.49. The lowest BCUT2D eigenvalue weighted by Crippen LogP contribution is -2.53. The highest BCUT2D eigenvalue weighted by molar-refractivity contribution is 7.88.